The fourth-order valence-electron chi connectivity index (χ4n) is 3.51. The molecule has 0 N–H and O–H groups in total. The van der Waals surface area contributed by atoms with Crippen LogP contribution in [-0.4, -0.2) is 55.4 Å². The highest BCUT2D eigenvalue weighted by atomic mass is 32.1. The molecule has 7 nitrogen and oxygen atoms in total. The van der Waals surface area contributed by atoms with Crippen LogP contribution in [0.5, 0.6) is 0 Å². The van der Waals surface area contributed by atoms with Gasteiger partial charge in [-0.25, -0.2) is 9.67 Å². The summed E-state index contributed by atoms with van der Waals surface area (Å²) in [6.07, 6.45) is 7.70. The Morgan fingerprint density at radius 1 is 1.15 bits per heavy atom. The normalized spacial score (nSPS) is 18.1. The fourth-order valence-corrected chi connectivity index (χ4v) is 4.55. The van der Waals surface area contributed by atoms with Crippen LogP contribution >= 0.6 is 23.6 Å². The van der Waals surface area contributed by atoms with Crippen LogP contribution < -0.4 is 4.90 Å². The molecule has 1 aliphatic carbocycles. The number of nitrogens with zero attached hydrogens (tertiary/aromatic N) is 7. The Morgan fingerprint density at radius 2 is 2.00 bits per heavy atom. The molecule has 0 atom stereocenters. The molecule has 5 rings (SSSR count). The van der Waals surface area contributed by atoms with E-state index < -0.39 is 0 Å². The van der Waals surface area contributed by atoms with Gasteiger partial charge in [-0.2, -0.15) is 0 Å². The molecule has 140 valence electrons. The van der Waals surface area contributed by atoms with Gasteiger partial charge in [-0.05, 0) is 36.5 Å². The van der Waals surface area contributed by atoms with Crippen LogP contribution in [0.2, 0.25) is 0 Å². The third-order valence-corrected chi connectivity index (χ3v) is 6.38. The lowest BCUT2D eigenvalue weighted by atomic mass is 10.3. The van der Waals surface area contributed by atoms with E-state index in [2.05, 4.69) is 41.8 Å². The van der Waals surface area contributed by atoms with Gasteiger partial charge in [0.15, 0.2) is 10.6 Å². The van der Waals surface area contributed by atoms with Crippen molar-refractivity contribution in [3.63, 3.8) is 0 Å². The minimum Gasteiger partial charge on any atom is -0.353 e. The van der Waals surface area contributed by atoms with Crippen molar-refractivity contribution in [2.24, 2.45) is 0 Å². The lowest BCUT2D eigenvalue weighted by Crippen LogP contribution is -2.47. The summed E-state index contributed by atoms with van der Waals surface area (Å²) in [4.78, 5) is 14.5. The first-order valence-electron chi connectivity index (χ1n) is 9.26. The number of hydrogen-bond acceptors (Lipinski definition) is 7. The Balaban J connectivity index is 1.32. The zero-order valence-electron chi connectivity index (χ0n) is 14.9. The fraction of sp³-hybridized carbons (Fsp3) is 0.444. The van der Waals surface area contributed by atoms with Gasteiger partial charge in [0.2, 0.25) is 0 Å². The number of hydrogen-bond donors (Lipinski definition) is 0. The third kappa shape index (κ3) is 3.42. The van der Waals surface area contributed by atoms with E-state index in [0.29, 0.717) is 6.04 Å². The van der Waals surface area contributed by atoms with Crippen LogP contribution in [0.3, 0.4) is 0 Å². The number of rotatable bonds is 5. The minimum atomic E-state index is 0.525. The van der Waals surface area contributed by atoms with E-state index in [1.807, 2.05) is 10.9 Å². The van der Waals surface area contributed by atoms with Crippen molar-refractivity contribution in [2.45, 2.75) is 25.6 Å². The first kappa shape index (κ1) is 17.0. The standard InChI is InChI=1S/C18H21N7S2/c26-18-24(21-17(15-2-1-11-27-15)25(18)14-3-4-14)13-22-7-9-23(10-8-22)16-12-19-5-6-20-16/h1-2,5-6,11-12,14H,3-4,7-10,13H2. The van der Waals surface area contributed by atoms with Crippen LogP contribution in [0.4, 0.5) is 5.82 Å². The zero-order chi connectivity index (χ0) is 18.2. The molecule has 1 aliphatic heterocycles. The van der Waals surface area contributed by atoms with Gasteiger partial charge in [-0.1, -0.05) is 6.07 Å². The van der Waals surface area contributed by atoms with Crippen LogP contribution in [-0.2, 0) is 6.67 Å². The molecule has 9 heteroatoms. The van der Waals surface area contributed by atoms with E-state index >= 15 is 0 Å². The molecule has 0 amide bonds. The van der Waals surface area contributed by atoms with Crippen molar-refractivity contribution in [3.05, 3.63) is 40.9 Å². The van der Waals surface area contributed by atoms with Crippen LogP contribution in [0, 0.1) is 4.77 Å². The maximum absolute atomic E-state index is 5.78. The maximum atomic E-state index is 5.78. The Labute approximate surface area is 166 Å². The van der Waals surface area contributed by atoms with Crippen LogP contribution in [0.25, 0.3) is 10.7 Å². The Hall–Kier alpha value is -2.10. The van der Waals surface area contributed by atoms with Crippen LogP contribution in [0.15, 0.2) is 36.1 Å². The van der Waals surface area contributed by atoms with E-state index in [9.17, 15) is 0 Å². The highest BCUT2D eigenvalue weighted by Crippen LogP contribution is 2.39. The lowest BCUT2D eigenvalue weighted by Gasteiger charge is -2.34. The maximum Gasteiger partial charge on any atom is 0.199 e. The minimum absolute atomic E-state index is 0.525. The van der Waals surface area contributed by atoms with Crippen molar-refractivity contribution in [1.29, 1.82) is 0 Å². The molecule has 0 unspecified atom stereocenters. The van der Waals surface area contributed by atoms with E-state index in [0.717, 1.165) is 49.3 Å². The molecular weight excluding hydrogens is 378 g/mol. The smallest absolute Gasteiger partial charge is 0.199 e. The summed E-state index contributed by atoms with van der Waals surface area (Å²) >= 11 is 7.51. The summed E-state index contributed by atoms with van der Waals surface area (Å²) in [7, 11) is 0. The number of thiophene rings is 1. The summed E-state index contributed by atoms with van der Waals surface area (Å²) < 4.78 is 5.11. The molecule has 4 heterocycles. The van der Waals surface area contributed by atoms with E-state index in [4.69, 9.17) is 17.3 Å². The van der Waals surface area contributed by atoms with Gasteiger partial charge in [-0.15, -0.1) is 16.4 Å². The average Bonchev–Trinajstić information content (AvgIpc) is 3.29. The first-order chi connectivity index (χ1) is 13.3. The van der Waals surface area contributed by atoms with Gasteiger partial charge in [0.25, 0.3) is 0 Å². The lowest BCUT2D eigenvalue weighted by molar-refractivity contribution is 0.194. The molecule has 0 spiro atoms. The summed E-state index contributed by atoms with van der Waals surface area (Å²) in [5.41, 5.74) is 0. The molecule has 3 aromatic rings. The Morgan fingerprint density at radius 3 is 2.67 bits per heavy atom. The van der Waals surface area contributed by atoms with E-state index in [1.165, 1.54) is 17.7 Å². The molecule has 1 saturated heterocycles. The van der Waals surface area contributed by atoms with Crippen molar-refractivity contribution in [3.8, 4) is 10.7 Å². The molecule has 27 heavy (non-hydrogen) atoms. The molecule has 0 bridgehead atoms. The van der Waals surface area contributed by atoms with Crippen molar-refractivity contribution >= 4 is 29.4 Å². The topological polar surface area (TPSA) is 55.0 Å². The van der Waals surface area contributed by atoms with Crippen molar-refractivity contribution < 1.29 is 0 Å². The summed E-state index contributed by atoms with van der Waals surface area (Å²) in [6.45, 7) is 4.54. The molecular formula is C18H21N7S2. The highest BCUT2D eigenvalue weighted by Gasteiger charge is 2.30. The SMILES string of the molecule is S=c1n(CN2CCN(c3cnccn3)CC2)nc(-c2cccs2)n1C1CC1. The van der Waals surface area contributed by atoms with Gasteiger partial charge in [-0.3, -0.25) is 14.5 Å². The molecule has 0 aromatic carbocycles. The Bertz CT molecular complexity index is 952. The predicted octanol–water partition coefficient (Wildman–Crippen LogP) is 3.05. The van der Waals surface area contributed by atoms with Gasteiger partial charge in [0, 0.05) is 44.6 Å². The number of piperazine rings is 1. The molecule has 2 aliphatic rings. The second kappa shape index (κ2) is 7.14. The van der Waals surface area contributed by atoms with Gasteiger partial charge in [0.1, 0.15) is 5.82 Å². The zero-order valence-corrected chi connectivity index (χ0v) is 16.6. The van der Waals surface area contributed by atoms with Gasteiger partial charge in [0.05, 0.1) is 17.7 Å². The van der Waals surface area contributed by atoms with Crippen LogP contribution in [0.1, 0.15) is 18.9 Å². The predicted molar refractivity (Wildman–Crippen MR) is 108 cm³/mol. The van der Waals surface area contributed by atoms with E-state index in [-0.39, 0.29) is 0 Å². The summed E-state index contributed by atoms with van der Waals surface area (Å²) in [5.74, 6) is 1.97. The third-order valence-electron chi connectivity index (χ3n) is 5.10. The first-order valence-corrected chi connectivity index (χ1v) is 10.5. The summed E-state index contributed by atoms with van der Waals surface area (Å²) in [5, 5.41) is 6.99. The monoisotopic (exact) mass is 399 g/mol. The molecule has 2 fully saturated rings. The van der Waals surface area contributed by atoms with Gasteiger partial charge >= 0.3 is 0 Å². The molecule has 3 aromatic heterocycles. The van der Waals surface area contributed by atoms with Crippen molar-refractivity contribution in [1.82, 2.24) is 29.2 Å². The average molecular weight is 400 g/mol. The summed E-state index contributed by atoms with van der Waals surface area (Å²) in [6, 6.07) is 4.73. The Kier molecular flexibility index (Phi) is 4.50. The number of anilines is 1. The van der Waals surface area contributed by atoms with Crippen molar-refractivity contribution in [2.75, 3.05) is 31.1 Å². The van der Waals surface area contributed by atoms with Gasteiger partial charge < -0.3 is 4.90 Å². The second-order valence-corrected chi connectivity index (χ2v) is 8.31. The molecule has 1 saturated carbocycles. The quantitative estimate of drug-likeness (QED) is 0.615. The number of aromatic nitrogens is 5. The highest BCUT2D eigenvalue weighted by molar-refractivity contribution is 7.71. The molecule has 0 radical (unpaired) electrons. The second-order valence-electron chi connectivity index (χ2n) is 6.99. The van der Waals surface area contributed by atoms with E-state index in [1.54, 1.807) is 23.7 Å². The largest absolute Gasteiger partial charge is 0.353 e.